The number of carbonyl (C=O) groups is 1. The Labute approximate surface area is 105 Å². The van der Waals surface area contributed by atoms with Gasteiger partial charge in [0.05, 0.1) is 5.54 Å². The first-order chi connectivity index (χ1) is 7.85. The monoisotopic (exact) mass is 238 g/mol. The van der Waals surface area contributed by atoms with Gasteiger partial charge in [-0.15, -0.1) is 0 Å². The first-order valence-electron chi connectivity index (χ1n) is 6.96. The van der Waals surface area contributed by atoms with Gasteiger partial charge in [0.1, 0.15) is 0 Å². The lowest BCUT2D eigenvalue weighted by Crippen LogP contribution is -2.60. The molecule has 3 nitrogen and oxygen atoms in total. The number of hydrogen-bond acceptors (Lipinski definition) is 2. The van der Waals surface area contributed by atoms with E-state index in [2.05, 4.69) is 20.8 Å². The molecule has 2 N–H and O–H groups in total. The Morgan fingerprint density at radius 1 is 1.29 bits per heavy atom. The first kappa shape index (κ1) is 12.9. The highest BCUT2D eigenvalue weighted by Crippen LogP contribution is 2.36. The molecule has 98 valence electrons. The second-order valence-corrected chi connectivity index (χ2v) is 6.73. The van der Waals surface area contributed by atoms with Crippen LogP contribution in [0.4, 0.5) is 0 Å². The molecule has 1 heterocycles. The smallest absolute Gasteiger partial charge is 0.243 e. The van der Waals surface area contributed by atoms with Crippen molar-refractivity contribution < 1.29 is 4.79 Å². The second kappa shape index (κ2) is 4.27. The Bertz CT molecular complexity index is 313. The van der Waals surface area contributed by atoms with Crippen LogP contribution in [0.25, 0.3) is 0 Å². The molecule has 0 aromatic rings. The average molecular weight is 238 g/mol. The molecule has 0 aromatic heterocycles. The van der Waals surface area contributed by atoms with Crippen LogP contribution in [-0.2, 0) is 4.79 Å². The van der Waals surface area contributed by atoms with Crippen LogP contribution in [-0.4, -0.2) is 28.4 Å². The summed E-state index contributed by atoms with van der Waals surface area (Å²) in [5.41, 5.74) is 5.82. The molecule has 1 aliphatic carbocycles. The summed E-state index contributed by atoms with van der Waals surface area (Å²) in [5, 5.41) is 0. The van der Waals surface area contributed by atoms with E-state index in [0.717, 1.165) is 38.6 Å². The summed E-state index contributed by atoms with van der Waals surface area (Å²) in [6, 6.07) is 0. The average Bonchev–Trinajstić information content (AvgIpc) is 2.56. The third-order valence-electron chi connectivity index (χ3n) is 4.60. The fourth-order valence-corrected chi connectivity index (χ4v) is 3.54. The third kappa shape index (κ3) is 2.35. The molecule has 1 amide bonds. The van der Waals surface area contributed by atoms with Crippen molar-refractivity contribution in [3.05, 3.63) is 0 Å². The van der Waals surface area contributed by atoms with Gasteiger partial charge < -0.3 is 10.6 Å². The van der Waals surface area contributed by atoms with E-state index < -0.39 is 5.54 Å². The van der Waals surface area contributed by atoms with Crippen molar-refractivity contribution in [3.63, 3.8) is 0 Å². The number of carbonyl (C=O) groups excluding carboxylic acids is 1. The lowest BCUT2D eigenvalue weighted by Gasteiger charge is -2.42. The zero-order valence-corrected chi connectivity index (χ0v) is 11.5. The predicted octanol–water partition coefficient (Wildman–Crippen LogP) is 2.29. The van der Waals surface area contributed by atoms with Crippen molar-refractivity contribution in [1.82, 2.24) is 4.90 Å². The van der Waals surface area contributed by atoms with Crippen LogP contribution in [0.5, 0.6) is 0 Å². The molecular formula is C14H26N2O. The normalized spacial score (nSPS) is 37.2. The highest BCUT2D eigenvalue weighted by molar-refractivity contribution is 5.87. The van der Waals surface area contributed by atoms with E-state index in [9.17, 15) is 4.79 Å². The molecule has 3 heteroatoms. The van der Waals surface area contributed by atoms with E-state index in [0.29, 0.717) is 5.92 Å². The van der Waals surface area contributed by atoms with E-state index in [1.165, 1.54) is 6.42 Å². The molecule has 2 fully saturated rings. The van der Waals surface area contributed by atoms with Gasteiger partial charge in [0, 0.05) is 12.1 Å². The molecule has 2 rings (SSSR count). The summed E-state index contributed by atoms with van der Waals surface area (Å²) in [7, 11) is 0. The maximum absolute atomic E-state index is 12.7. The fourth-order valence-electron chi connectivity index (χ4n) is 3.54. The van der Waals surface area contributed by atoms with Crippen molar-refractivity contribution in [2.45, 2.75) is 70.4 Å². The largest absolute Gasteiger partial charge is 0.336 e. The molecule has 0 spiro atoms. The summed E-state index contributed by atoms with van der Waals surface area (Å²) in [6.45, 7) is 7.42. The van der Waals surface area contributed by atoms with Crippen LogP contribution in [0.3, 0.4) is 0 Å². The molecule has 2 unspecified atom stereocenters. The zero-order chi connectivity index (χ0) is 12.7. The lowest BCUT2D eigenvalue weighted by atomic mass is 9.76. The number of nitrogens with two attached hydrogens (primary N) is 1. The van der Waals surface area contributed by atoms with Crippen molar-refractivity contribution in [1.29, 1.82) is 0 Å². The quantitative estimate of drug-likeness (QED) is 0.762. The topological polar surface area (TPSA) is 46.3 Å². The number of hydrogen-bond donors (Lipinski definition) is 1. The van der Waals surface area contributed by atoms with E-state index in [4.69, 9.17) is 5.73 Å². The minimum atomic E-state index is -0.584. The van der Waals surface area contributed by atoms with Gasteiger partial charge in [0.25, 0.3) is 0 Å². The molecule has 2 aliphatic rings. The molecule has 0 bridgehead atoms. The number of nitrogens with zero attached hydrogens (tertiary/aromatic N) is 1. The molecule has 2 atom stereocenters. The minimum absolute atomic E-state index is 0.00411. The van der Waals surface area contributed by atoms with Crippen molar-refractivity contribution in [2.24, 2.45) is 11.7 Å². The Morgan fingerprint density at radius 3 is 2.53 bits per heavy atom. The number of likely N-dealkylation sites (tertiary alicyclic amines) is 1. The van der Waals surface area contributed by atoms with Crippen LogP contribution >= 0.6 is 0 Å². The van der Waals surface area contributed by atoms with Gasteiger partial charge in [-0.3, -0.25) is 4.79 Å². The standard InChI is InChI=1S/C14H26N2O/c1-11-6-4-8-14(15,10-11)12(17)16-9-5-7-13(16,2)3/h11H,4-10,15H2,1-3H3. The molecule has 1 saturated carbocycles. The highest BCUT2D eigenvalue weighted by Gasteiger charge is 2.45. The molecule has 0 radical (unpaired) electrons. The van der Waals surface area contributed by atoms with Gasteiger partial charge in [-0.2, -0.15) is 0 Å². The number of amides is 1. The highest BCUT2D eigenvalue weighted by atomic mass is 16.2. The van der Waals surface area contributed by atoms with Crippen molar-refractivity contribution >= 4 is 5.91 Å². The first-order valence-corrected chi connectivity index (χ1v) is 6.96. The molecule has 17 heavy (non-hydrogen) atoms. The maximum atomic E-state index is 12.7. The van der Waals surface area contributed by atoms with Gasteiger partial charge in [-0.1, -0.05) is 19.8 Å². The Hall–Kier alpha value is -0.570. The maximum Gasteiger partial charge on any atom is 0.243 e. The summed E-state index contributed by atoms with van der Waals surface area (Å²) < 4.78 is 0. The minimum Gasteiger partial charge on any atom is -0.336 e. The van der Waals surface area contributed by atoms with Crippen LogP contribution in [0.1, 0.15) is 59.3 Å². The van der Waals surface area contributed by atoms with E-state index in [-0.39, 0.29) is 11.4 Å². The SMILES string of the molecule is CC1CCCC(N)(C(=O)N2CCCC2(C)C)C1. The Morgan fingerprint density at radius 2 is 2.00 bits per heavy atom. The van der Waals surface area contributed by atoms with Crippen LogP contribution in [0, 0.1) is 5.92 Å². The van der Waals surface area contributed by atoms with Crippen LogP contribution in [0.2, 0.25) is 0 Å². The van der Waals surface area contributed by atoms with Gasteiger partial charge in [-0.05, 0) is 45.4 Å². The summed E-state index contributed by atoms with van der Waals surface area (Å²) in [5.74, 6) is 0.787. The van der Waals surface area contributed by atoms with Crippen molar-refractivity contribution in [2.75, 3.05) is 6.54 Å². The van der Waals surface area contributed by atoms with Gasteiger partial charge >= 0.3 is 0 Å². The van der Waals surface area contributed by atoms with E-state index in [1.54, 1.807) is 0 Å². The molecule has 1 aliphatic heterocycles. The summed E-state index contributed by atoms with van der Waals surface area (Å²) >= 11 is 0. The Kier molecular flexibility index (Phi) is 3.23. The van der Waals surface area contributed by atoms with Crippen molar-refractivity contribution in [3.8, 4) is 0 Å². The lowest BCUT2D eigenvalue weighted by molar-refractivity contribution is -0.142. The Balaban J connectivity index is 2.13. The molecule has 0 aromatic carbocycles. The molecule has 1 saturated heterocycles. The van der Waals surface area contributed by atoms with Crippen LogP contribution in [0.15, 0.2) is 0 Å². The van der Waals surface area contributed by atoms with Gasteiger partial charge in [-0.25, -0.2) is 0 Å². The van der Waals surface area contributed by atoms with Crippen LogP contribution < -0.4 is 5.73 Å². The van der Waals surface area contributed by atoms with Gasteiger partial charge in [0.2, 0.25) is 5.91 Å². The van der Waals surface area contributed by atoms with E-state index in [1.807, 2.05) is 4.90 Å². The second-order valence-electron chi connectivity index (χ2n) is 6.73. The molecular weight excluding hydrogens is 212 g/mol. The third-order valence-corrected chi connectivity index (χ3v) is 4.60. The van der Waals surface area contributed by atoms with E-state index >= 15 is 0 Å². The number of rotatable bonds is 1. The summed E-state index contributed by atoms with van der Waals surface area (Å²) in [6.07, 6.45) is 6.25. The fraction of sp³-hybridized carbons (Fsp3) is 0.929. The zero-order valence-electron chi connectivity index (χ0n) is 11.5. The summed E-state index contributed by atoms with van der Waals surface area (Å²) in [4.78, 5) is 14.7. The van der Waals surface area contributed by atoms with Gasteiger partial charge in [0.15, 0.2) is 0 Å². The predicted molar refractivity (Wildman–Crippen MR) is 69.6 cm³/mol.